The second-order valence-corrected chi connectivity index (χ2v) is 5.31. The predicted molar refractivity (Wildman–Crippen MR) is 75.2 cm³/mol. The van der Waals surface area contributed by atoms with E-state index in [1.807, 2.05) is 0 Å². The van der Waals surface area contributed by atoms with Crippen molar-refractivity contribution in [2.75, 3.05) is 7.11 Å². The third-order valence-corrected chi connectivity index (χ3v) is 3.45. The lowest BCUT2D eigenvalue weighted by Crippen LogP contribution is -2.29. The van der Waals surface area contributed by atoms with E-state index in [1.54, 1.807) is 0 Å². The number of esters is 1. The minimum absolute atomic E-state index is 0.0538. The molecule has 0 bridgehead atoms. The Kier molecular flexibility index (Phi) is 4.56. The fourth-order valence-electron chi connectivity index (χ4n) is 2.59. The molecule has 1 aliphatic rings. The molecule has 7 heteroatoms. The second kappa shape index (κ2) is 6.23. The summed E-state index contributed by atoms with van der Waals surface area (Å²) in [7, 11) is 1.25. The fraction of sp³-hybridized carbons (Fsp3) is 0.467. The molecular formula is C15H18O7. The molecule has 1 heterocycles. The summed E-state index contributed by atoms with van der Waals surface area (Å²) >= 11 is 0. The van der Waals surface area contributed by atoms with Gasteiger partial charge in [0, 0.05) is 12.8 Å². The molecule has 0 amide bonds. The maximum Gasteiger partial charge on any atom is 0.310 e. The number of phenols is 2. The standard InChI is InChI=1S/C15H18O7/c1-7(16)3-9-6-10(17)13-8(5-12(19)22-9)4-11(18)15(21-2)14(13)20/h4,7,9,16,18,20H,3,5-6H2,1-2H3/t7-,9?/m1/s1. The van der Waals surface area contributed by atoms with Gasteiger partial charge < -0.3 is 24.8 Å². The van der Waals surface area contributed by atoms with Crippen LogP contribution in [0.3, 0.4) is 0 Å². The van der Waals surface area contributed by atoms with Gasteiger partial charge in [0.15, 0.2) is 17.3 Å². The lowest BCUT2D eigenvalue weighted by atomic mass is 9.93. The number of Topliss-reactive ketones (excluding diaryl/α,β-unsaturated/α-hetero) is 1. The van der Waals surface area contributed by atoms with Gasteiger partial charge in [0.2, 0.25) is 5.75 Å². The first-order valence-electron chi connectivity index (χ1n) is 6.86. The molecule has 0 saturated carbocycles. The van der Waals surface area contributed by atoms with E-state index < -0.39 is 29.7 Å². The van der Waals surface area contributed by atoms with Crippen molar-refractivity contribution in [1.29, 1.82) is 0 Å². The topological polar surface area (TPSA) is 113 Å². The Morgan fingerprint density at radius 3 is 2.68 bits per heavy atom. The number of carbonyl (C=O) groups excluding carboxylic acids is 2. The first-order chi connectivity index (χ1) is 10.3. The summed E-state index contributed by atoms with van der Waals surface area (Å²) in [4.78, 5) is 24.3. The number of aliphatic hydroxyl groups is 1. The molecule has 0 radical (unpaired) electrons. The van der Waals surface area contributed by atoms with E-state index >= 15 is 0 Å². The molecule has 3 N–H and O–H groups in total. The highest BCUT2D eigenvalue weighted by Gasteiger charge is 2.31. The molecule has 0 fully saturated rings. The smallest absolute Gasteiger partial charge is 0.310 e. The number of benzene rings is 1. The third-order valence-electron chi connectivity index (χ3n) is 3.45. The molecule has 2 rings (SSSR count). The Bertz CT molecular complexity index is 606. The van der Waals surface area contributed by atoms with Crippen LogP contribution in [-0.4, -0.2) is 46.4 Å². The normalized spacial score (nSPS) is 19.7. The fourth-order valence-corrected chi connectivity index (χ4v) is 2.59. The molecular weight excluding hydrogens is 292 g/mol. The number of rotatable bonds is 3. The highest BCUT2D eigenvalue weighted by atomic mass is 16.5. The molecule has 120 valence electrons. The van der Waals surface area contributed by atoms with Crippen LogP contribution in [0.5, 0.6) is 17.2 Å². The number of methoxy groups -OCH3 is 1. The lowest BCUT2D eigenvalue weighted by molar-refractivity contribution is -0.149. The van der Waals surface area contributed by atoms with E-state index in [0.717, 1.165) is 0 Å². The predicted octanol–water partition coefficient (Wildman–Crippen LogP) is 0.918. The van der Waals surface area contributed by atoms with Crippen molar-refractivity contribution in [3.63, 3.8) is 0 Å². The van der Waals surface area contributed by atoms with Crippen LogP contribution in [-0.2, 0) is 16.0 Å². The summed E-state index contributed by atoms with van der Waals surface area (Å²) in [6.45, 7) is 1.53. The summed E-state index contributed by atoms with van der Waals surface area (Å²) in [5, 5.41) is 29.3. The highest BCUT2D eigenvalue weighted by Crippen LogP contribution is 2.42. The number of ketones is 1. The maximum absolute atomic E-state index is 12.4. The SMILES string of the molecule is COc1c(O)cc2c(c1O)C(=O)CC(C[C@@H](C)O)OC(=O)C2. The van der Waals surface area contributed by atoms with Crippen LogP contribution in [0.15, 0.2) is 6.07 Å². The van der Waals surface area contributed by atoms with Crippen LogP contribution in [0.4, 0.5) is 0 Å². The van der Waals surface area contributed by atoms with Crippen molar-refractivity contribution in [2.45, 2.75) is 38.4 Å². The number of cyclic esters (lactones) is 1. The molecule has 0 saturated heterocycles. The van der Waals surface area contributed by atoms with Crippen molar-refractivity contribution >= 4 is 11.8 Å². The summed E-state index contributed by atoms with van der Waals surface area (Å²) in [5.41, 5.74) is 0.128. The molecule has 0 aromatic heterocycles. The first-order valence-corrected chi connectivity index (χ1v) is 6.86. The second-order valence-electron chi connectivity index (χ2n) is 5.31. The molecule has 1 aromatic rings. The molecule has 0 aliphatic carbocycles. The van der Waals surface area contributed by atoms with Crippen LogP contribution in [0, 0.1) is 0 Å². The lowest BCUT2D eigenvalue weighted by Gasteiger charge is -2.23. The van der Waals surface area contributed by atoms with Crippen LogP contribution in [0.25, 0.3) is 0 Å². The molecule has 7 nitrogen and oxygen atoms in total. The van der Waals surface area contributed by atoms with Crippen molar-refractivity contribution in [3.05, 3.63) is 17.2 Å². The van der Waals surface area contributed by atoms with E-state index in [4.69, 9.17) is 9.47 Å². The Balaban J connectivity index is 2.47. The number of hydrogen-bond donors (Lipinski definition) is 3. The van der Waals surface area contributed by atoms with E-state index in [2.05, 4.69) is 0 Å². The number of aliphatic hydroxyl groups excluding tert-OH is 1. The number of carbonyl (C=O) groups is 2. The van der Waals surface area contributed by atoms with Crippen LogP contribution in [0.1, 0.15) is 35.7 Å². The summed E-state index contributed by atoms with van der Waals surface area (Å²) in [6.07, 6.45) is -1.78. The summed E-state index contributed by atoms with van der Waals surface area (Å²) in [6, 6.07) is 1.21. The van der Waals surface area contributed by atoms with Crippen LogP contribution >= 0.6 is 0 Å². The van der Waals surface area contributed by atoms with Gasteiger partial charge in [-0.2, -0.15) is 0 Å². The zero-order chi connectivity index (χ0) is 16.4. The maximum atomic E-state index is 12.4. The molecule has 0 spiro atoms. The average Bonchev–Trinajstić information content (AvgIpc) is 2.35. The number of aromatic hydroxyl groups is 2. The van der Waals surface area contributed by atoms with Gasteiger partial charge in [-0.05, 0) is 18.6 Å². The Morgan fingerprint density at radius 1 is 1.41 bits per heavy atom. The highest BCUT2D eigenvalue weighted by molar-refractivity contribution is 6.03. The summed E-state index contributed by atoms with van der Waals surface area (Å²) in [5.74, 6) is -2.10. The van der Waals surface area contributed by atoms with Crippen molar-refractivity contribution in [2.24, 2.45) is 0 Å². The van der Waals surface area contributed by atoms with Gasteiger partial charge in [-0.1, -0.05) is 0 Å². The molecule has 22 heavy (non-hydrogen) atoms. The van der Waals surface area contributed by atoms with Crippen molar-refractivity contribution in [1.82, 2.24) is 0 Å². The van der Waals surface area contributed by atoms with Gasteiger partial charge in [-0.25, -0.2) is 0 Å². The molecule has 1 aliphatic heterocycles. The van der Waals surface area contributed by atoms with E-state index in [1.165, 1.54) is 20.1 Å². The average molecular weight is 310 g/mol. The first kappa shape index (κ1) is 16.1. The minimum atomic E-state index is -0.757. The van der Waals surface area contributed by atoms with E-state index in [9.17, 15) is 24.9 Å². The Morgan fingerprint density at radius 2 is 2.09 bits per heavy atom. The Labute approximate surface area is 127 Å². The largest absolute Gasteiger partial charge is 0.504 e. The van der Waals surface area contributed by atoms with Crippen molar-refractivity contribution in [3.8, 4) is 17.2 Å². The van der Waals surface area contributed by atoms with Gasteiger partial charge >= 0.3 is 5.97 Å². The summed E-state index contributed by atoms with van der Waals surface area (Å²) < 4.78 is 10.0. The number of fused-ring (bicyclic) bond motifs is 1. The molecule has 1 aromatic carbocycles. The van der Waals surface area contributed by atoms with Gasteiger partial charge in [-0.3, -0.25) is 9.59 Å². The van der Waals surface area contributed by atoms with E-state index in [-0.39, 0.29) is 41.9 Å². The van der Waals surface area contributed by atoms with Crippen LogP contribution < -0.4 is 4.74 Å². The molecule has 2 atom stereocenters. The van der Waals surface area contributed by atoms with Crippen LogP contribution in [0.2, 0.25) is 0 Å². The van der Waals surface area contributed by atoms with Gasteiger partial charge in [0.1, 0.15) is 6.10 Å². The number of hydrogen-bond acceptors (Lipinski definition) is 7. The monoisotopic (exact) mass is 310 g/mol. The third kappa shape index (κ3) is 3.14. The van der Waals surface area contributed by atoms with Crippen molar-refractivity contribution < 1.29 is 34.4 Å². The van der Waals surface area contributed by atoms with E-state index in [0.29, 0.717) is 0 Å². The quantitative estimate of drug-likeness (QED) is 0.711. The van der Waals surface area contributed by atoms with Gasteiger partial charge in [-0.15, -0.1) is 0 Å². The molecule has 1 unspecified atom stereocenters. The van der Waals surface area contributed by atoms with Gasteiger partial charge in [0.05, 0.1) is 25.2 Å². The van der Waals surface area contributed by atoms with Gasteiger partial charge in [0.25, 0.3) is 0 Å². The Hall–Kier alpha value is -2.28. The zero-order valence-corrected chi connectivity index (χ0v) is 12.3. The zero-order valence-electron chi connectivity index (χ0n) is 12.3. The number of ether oxygens (including phenoxy) is 2. The number of phenolic OH excluding ortho intramolecular Hbond substituents is 2. The minimum Gasteiger partial charge on any atom is -0.504 e.